The second-order valence-electron chi connectivity index (χ2n) is 7.16. The fourth-order valence-electron chi connectivity index (χ4n) is 3.16. The molecule has 0 unspecified atom stereocenters. The summed E-state index contributed by atoms with van der Waals surface area (Å²) < 4.78 is 0. The molecule has 0 saturated carbocycles. The van der Waals surface area contributed by atoms with Crippen LogP contribution in [0.4, 0.5) is 5.69 Å². The number of carbonyl (C=O) groups excluding carboxylic acids is 1. The van der Waals surface area contributed by atoms with Crippen LogP contribution < -0.4 is 10.6 Å². The Labute approximate surface area is 182 Å². The second-order valence-corrected chi connectivity index (χ2v) is 7.16. The number of hydrogen-bond acceptors (Lipinski definition) is 4. The first-order valence-corrected chi connectivity index (χ1v) is 9.00. The van der Waals surface area contributed by atoms with Gasteiger partial charge in [0.1, 0.15) is 0 Å². The lowest BCUT2D eigenvalue weighted by molar-refractivity contribution is -0.131. The predicted octanol–water partition coefficient (Wildman–Crippen LogP) is 2.91. The van der Waals surface area contributed by atoms with Gasteiger partial charge in [0.2, 0.25) is 5.91 Å². The Kier molecular flexibility index (Phi) is 15.1. The summed E-state index contributed by atoms with van der Waals surface area (Å²) >= 11 is 0. The number of benzene rings is 1. The fraction of sp³-hybridized carbons (Fsp3) is 0.632. The van der Waals surface area contributed by atoms with Crippen LogP contribution in [0.3, 0.4) is 0 Å². The number of para-hydroxylation sites is 1. The number of amides is 1. The minimum Gasteiger partial charge on any atom is -0.369 e. The Morgan fingerprint density at radius 2 is 1.63 bits per heavy atom. The summed E-state index contributed by atoms with van der Waals surface area (Å²) in [5.74, 6) is 0.509. The molecule has 1 heterocycles. The molecular formula is C19H35Cl3N4O. The first-order valence-electron chi connectivity index (χ1n) is 9.00. The van der Waals surface area contributed by atoms with E-state index in [1.165, 1.54) is 5.69 Å². The highest BCUT2D eigenvalue weighted by Crippen LogP contribution is 2.15. The molecule has 27 heavy (non-hydrogen) atoms. The molecule has 1 aliphatic heterocycles. The maximum Gasteiger partial charge on any atom is 0.239 e. The summed E-state index contributed by atoms with van der Waals surface area (Å²) in [5.41, 5.74) is 7.29. The molecule has 0 aromatic heterocycles. The molecule has 0 spiro atoms. The van der Waals surface area contributed by atoms with E-state index in [1.807, 2.05) is 7.05 Å². The van der Waals surface area contributed by atoms with Crippen molar-refractivity contribution < 1.29 is 4.79 Å². The minimum atomic E-state index is -0.370. The maximum absolute atomic E-state index is 12.3. The van der Waals surface area contributed by atoms with Crippen LogP contribution in [0.5, 0.6) is 0 Å². The SMILES string of the molecule is CC(C)C[C@H](N)C(=O)N(C)CCN1CCN(c2ccccc2)CC1.Cl.Cl.Cl. The topological polar surface area (TPSA) is 52.8 Å². The van der Waals surface area contributed by atoms with Gasteiger partial charge in [-0.25, -0.2) is 0 Å². The van der Waals surface area contributed by atoms with Gasteiger partial charge in [-0.3, -0.25) is 9.69 Å². The van der Waals surface area contributed by atoms with Crippen LogP contribution in [0.2, 0.25) is 0 Å². The largest absolute Gasteiger partial charge is 0.369 e. The van der Waals surface area contributed by atoms with Gasteiger partial charge in [-0.1, -0.05) is 32.0 Å². The molecule has 0 bridgehead atoms. The standard InChI is InChI=1S/C19H32N4O.3ClH/c1-16(2)15-18(20)19(24)21(3)9-10-22-11-13-23(14-12-22)17-7-5-4-6-8-17;;;/h4-8,16,18H,9-15,20H2,1-3H3;3*1H/t18-;;;/m0.../s1. The highest BCUT2D eigenvalue weighted by molar-refractivity contribution is 5.86. The first kappa shape index (κ1) is 28.5. The van der Waals surface area contributed by atoms with Gasteiger partial charge in [0.05, 0.1) is 6.04 Å². The Morgan fingerprint density at radius 3 is 2.15 bits per heavy atom. The number of piperazine rings is 1. The molecule has 2 N–H and O–H groups in total. The molecule has 1 aromatic rings. The van der Waals surface area contributed by atoms with Crippen molar-refractivity contribution in [3.05, 3.63) is 30.3 Å². The van der Waals surface area contributed by atoms with Gasteiger partial charge in [-0.15, -0.1) is 37.2 Å². The third kappa shape index (κ3) is 9.35. The number of nitrogens with two attached hydrogens (primary N) is 1. The average Bonchev–Trinajstić information content (AvgIpc) is 2.59. The van der Waals surface area contributed by atoms with Crippen molar-refractivity contribution >= 4 is 48.8 Å². The Bertz CT molecular complexity index is 511. The molecule has 1 atom stereocenters. The van der Waals surface area contributed by atoms with Gasteiger partial charge < -0.3 is 15.5 Å². The molecular weight excluding hydrogens is 407 g/mol. The van der Waals surface area contributed by atoms with Crippen molar-refractivity contribution in [3.8, 4) is 0 Å². The fourth-order valence-corrected chi connectivity index (χ4v) is 3.16. The van der Waals surface area contributed by atoms with Gasteiger partial charge in [0.15, 0.2) is 0 Å². The molecule has 0 aliphatic carbocycles. The molecule has 158 valence electrons. The van der Waals surface area contributed by atoms with Crippen LogP contribution in [0.1, 0.15) is 20.3 Å². The van der Waals surface area contributed by atoms with Gasteiger partial charge in [-0.05, 0) is 24.5 Å². The molecule has 1 fully saturated rings. The first-order chi connectivity index (χ1) is 11.5. The van der Waals surface area contributed by atoms with Gasteiger partial charge in [0.25, 0.3) is 0 Å². The number of hydrogen-bond donors (Lipinski definition) is 1. The minimum absolute atomic E-state index is 0. The van der Waals surface area contributed by atoms with E-state index in [9.17, 15) is 4.79 Å². The Morgan fingerprint density at radius 1 is 1.07 bits per heavy atom. The van der Waals surface area contributed by atoms with Crippen LogP contribution >= 0.6 is 37.2 Å². The average molecular weight is 442 g/mol. The number of likely N-dealkylation sites (N-methyl/N-ethyl adjacent to an activating group) is 1. The van der Waals surface area contributed by atoms with E-state index >= 15 is 0 Å². The van der Waals surface area contributed by atoms with E-state index < -0.39 is 0 Å². The van der Waals surface area contributed by atoms with Crippen LogP contribution in [0.25, 0.3) is 0 Å². The van der Waals surface area contributed by atoms with E-state index in [1.54, 1.807) is 4.90 Å². The zero-order chi connectivity index (χ0) is 17.5. The van der Waals surface area contributed by atoms with Crippen molar-refractivity contribution in [1.29, 1.82) is 0 Å². The van der Waals surface area contributed by atoms with Gasteiger partial charge in [0, 0.05) is 52.0 Å². The van der Waals surface area contributed by atoms with Crippen molar-refractivity contribution in [3.63, 3.8) is 0 Å². The monoisotopic (exact) mass is 440 g/mol. The molecule has 8 heteroatoms. The smallest absolute Gasteiger partial charge is 0.239 e. The van der Waals surface area contributed by atoms with Crippen LogP contribution in [0, 0.1) is 5.92 Å². The van der Waals surface area contributed by atoms with Crippen molar-refractivity contribution in [2.45, 2.75) is 26.3 Å². The number of halogens is 3. The molecule has 2 rings (SSSR count). The zero-order valence-corrected chi connectivity index (χ0v) is 19.0. The van der Waals surface area contributed by atoms with E-state index in [-0.39, 0.29) is 49.2 Å². The van der Waals surface area contributed by atoms with E-state index in [0.717, 1.165) is 45.7 Å². The van der Waals surface area contributed by atoms with Crippen molar-refractivity contribution in [2.75, 3.05) is 51.2 Å². The number of anilines is 1. The summed E-state index contributed by atoms with van der Waals surface area (Å²) in [4.78, 5) is 18.9. The maximum atomic E-state index is 12.3. The van der Waals surface area contributed by atoms with E-state index in [4.69, 9.17) is 5.73 Å². The molecule has 1 aromatic carbocycles. The molecule has 1 saturated heterocycles. The normalized spacial score (nSPS) is 15.2. The molecule has 1 aliphatic rings. The highest BCUT2D eigenvalue weighted by atomic mass is 35.5. The summed E-state index contributed by atoms with van der Waals surface area (Å²) in [6.07, 6.45) is 0.749. The Balaban J connectivity index is 0. The lowest BCUT2D eigenvalue weighted by atomic mass is 10.0. The molecule has 5 nitrogen and oxygen atoms in total. The number of carbonyl (C=O) groups is 1. The van der Waals surface area contributed by atoms with Gasteiger partial charge in [-0.2, -0.15) is 0 Å². The number of rotatable bonds is 7. The lowest BCUT2D eigenvalue weighted by Crippen LogP contribution is -2.50. The van der Waals surface area contributed by atoms with E-state index in [0.29, 0.717) is 5.92 Å². The second kappa shape index (κ2) is 14.3. The summed E-state index contributed by atoms with van der Waals surface area (Å²) in [7, 11) is 1.86. The lowest BCUT2D eigenvalue weighted by Gasteiger charge is -2.36. The third-order valence-electron chi connectivity index (χ3n) is 4.66. The van der Waals surface area contributed by atoms with Crippen LogP contribution in [-0.4, -0.2) is 68.1 Å². The van der Waals surface area contributed by atoms with Crippen LogP contribution in [-0.2, 0) is 4.79 Å². The van der Waals surface area contributed by atoms with Gasteiger partial charge >= 0.3 is 0 Å². The molecule has 0 radical (unpaired) electrons. The number of nitrogens with zero attached hydrogens (tertiary/aromatic N) is 3. The highest BCUT2D eigenvalue weighted by Gasteiger charge is 2.21. The van der Waals surface area contributed by atoms with E-state index in [2.05, 4.69) is 54.0 Å². The van der Waals surface area contributed by atoms with Crippen molar-refractivity contribution in [2.24, 2.45) is 11.7 Å². The quantitative estimate of drug-likeness (QED) is 0.707. The van der Waals surface area contributed by atoms with Crippen molar-refractivity contribution in [1.82, 2.24) is 9.80 Å². The summed E-state index contributed by atoms with van der Waals surface area (Å²) in [6, 6.07) is 10.2. The predicted molar refractivity (Wildman–Crippen MR) is 122 cm³/mol. The third-order valence-corrected chi connectivity index (χ3v) is 4.66. The molecule has 1 amide bonds. The zero-order valence-electron chi connectivity index (χ0n) is 16.5. The van der Waals surface area contributed by atoms with Crippen LogP contribution in [0.15, 0.2) is 30.3 Å². The summed E-state index contributed by atoms with van der Waals surface area (Å²) in [5, 5.41) is 0. The Hall–Kier alpha value is -0.720. The summed E-state index contributed by atoms with van der Waals surface area (Å²) in [6.45, 7) is 10.0.